The number of nitrogens with zero attached hydrogens (tertiary/aromatic N) is 2. The van der Waals surface area contributed by atoms with Crippen molar-refractivity contribution in [3.05, 3.63) is 58.1 Å². The predicted molar refractivity (Wildman–Crippen MR) is 115 cm³/mol. The summed E-state index contributed by atoms with van der Waals surface area (Å²) in [7, 11) is 0. The molecule has 2 heterocycles. The molecule has 29 heavy (non-hydrogen) atoms. The summed E-state index contributed by atoms with van der Waals surface area (Å²) >= 11 is 0. The zero-order chi connectivity index (χ0) is 20.6. The number of piperidine rings is 1. The van der Waals surface area contributed by atoms with Crippen molar-refractivity contribution < 1.29 is 9.90 Å². The van der Waals surface area contributed by atoms with E-state index in [0.717, 1.165) is 47.3 Å². The number of rotatable bonds is 1. The van der Waals surface area contributed by atoms with E-state index in [1.54, 1.807) is 6.07 Å². The number of carbonyl (C=O) groups excluding carboxylic acids is 1. The number of benzene rings is 2. The maximum atomic E-state index is 13.7. The Kier molecular flexibility index (Phi) is 3.77. The second-order valence-corrected chi connectivity index (χ2v) is 9.64. The molecule has 2 aliphatic heterocycles. The van der Waals surface area contributed by atoms with Gasteiger partial charge in [-0.2, -0.15) is 0 Å². The summed E-state index contributed by atoms with van der Waals surface area (Å²) in [5, 5.41) is 10.6. The lowest BCUT2D eigenvalue weighted by Gasteiger charge is -2.60. The van der Waals surface area contributed by atoms with Crippen LogP contribution in [0.25, 0.3) is 0 Å². The first kappa shape index (κ1) is 18.4. The zero-order valence-corrected chi connectivity index (χ0v) is 17.6. The molecule has 1 saturated heterocycles. The molecule has 4 heteroatoms. The van der Waals surface area contributed by atoms with Crippen LogP contribution in [0, 0.1) is 12.3 Å². The Hall–Kier alpha value is -2.62. The number of amides is 1. The summed E-state index contributed by atoms with van der Waals surface area (Å²) in [4.78, 5) is 20.2. The lowest BCUT2D eigenvalue weighted by molar-refractivity contribution is -0.0266. The topological polar surface area (TPSA) is 52.9 Å². The Morgan fingerprint density at radius 2 is 2.03 bits per heavy atom. The molecule has 0 saturated carbocycles. The number of likely N-dealkylation sites (tertiary alicyclic amines) is 1. The third-order valence-corrected chi connectivity index (χ3v) is 8.09. The SMILES string of the molecule is Cc1cc2c(cc1C(=O)N1CC[C@@]3(C)c4cccc(O)c4C[C@@H]1C3(C)C)CC=N2. The van der Waals surface area contributed by atoms with Gasteiger partial charge >= 0.3 is 0 Å². The molecule has 2 aromatic carbocycles. The van der Waals surface area contributed by atoms with Crippen molar-refractivity contribution >= 4 is 17.8 Å². The van der Waals surface area contributed by atoms with Crippen LogP contribution in [-0.4, -0.2) is 34.7 Å². The van der Waals surface area contributed by atoms with Gasteiger partial charge in [-0.3, -0.25) is 9.79 Å². The molecule has 0 aromatic heterocycles. The maximum absolute atomic E-state index is 13.7. The fourth-order valence-electron chi connectivity index (χ4n) is 5.82. The summed E-state index contributed by atoms with van der Waals surface area (Å²) in [5.41, 5.74) is 5.99. The van der Waals surface area contributed by atoms with Crippen molar-refractivity contribution in [1.82, 2.24) is 4.90 Å². The number of aromatic hydroxyl groups is 1. The second kappa shape index (κ2) is 5.94. The van der Waals surface area contributed by atoms with E-state index in [0.29, 0.717) is 12.2 Å². The predicted octanol–water partition coefficient (Wildman–Crippen LogP) is 4.71. The standard InChI is InChI=1S/C25H28N2O2/c1-15-12-20-16(8-10-26-20)13-17(15)23(29)27-11-9-25(4)19-6-5-7-21(28)18(19)14-22(27)24(25,2)3/h5-7,10,12-13,22,28H,8-9,11,14H2,1-4H3/t22-,25+/m1/s1. The minimum absolute atomic E-state index is 0.0541. The average Bonchev–Trinajstić information content (AvgIpc) is 3.11. The van der Waals surface area contributed by atoms with Gasteiger partial charge in [0.05, 0.1) is 5.69 Å². The minimum Gasteiger partial charge on any atom is -0.508 e. The number of hydrogen-bond donors (Lipinski definition) is 1. The monoisotopic (exact) mass is 388 g/mol. The molecule has 0 spiro atoms. The van der Waals surface area contributed by atoms with Crippen LogP contribution in [0.5, 0.6) is 5.75 Å². The van der Waals surface area contributed by atoms with Crippen molar-refractivity contribution in [3.63, 3.8) is 0 Å². The van der Waals surface area contributed by atoms with Gasteiger partial charge in [0, 0.05) is 36.2 Å². The summed E-state index contributed by atoms with van der Waals surface area (Å²) in [6, 6.07) is 10.0. The van der Waals surface area contributed by atoms with Crippen LogP contribution < -0.4 is 0 Å². The van der Waals surface area contributed by atoms with Gasteiger partial charge in [0.2, 0.25) is 0 Å². The van der Waals surface area contributed by atoms with E-state index in [2.05, 4.69) is 36.7 Å². The Balaban J connectivity index is 1.58. The quantitative estimate of drug-likeness (QED) is 0.769. The van der Waals surface area contributed by atoms with Gasteiger partial charge < -0.3 is 10.0 Å². The fraction of sp³-hybridized carbons (Fsp3) is 0.440. The summed E-state index contributed by atoms with van der Waals surface area (Å²) in [6.07, 6.45) is 4.30. The number of phenols is 1. The fourth-order valence-corrected chi connectivity index (χ4v) is 5.82. The van der Waals surface area contributed by atoms with Crippen LogP contribution in [0.2, 0.25) is 0 Å². The molecule has 3 aliphatic rings. The number of hydrogen-bond acceptors (Lipinski definition) is 3. The van der Waals surface area contributed by atoms with Gasteiger partial charge in [0.25, 0.3) is 5.91 Å². The van der Waals surface area contributed by atoms with Crippen LogP contribution >= 0.6 is 0 Å². The molecule has 1 aliphatic carbocycles. The van der Waals surface area contributed by atoms with E-state index in [4.69, 9.17) is 0 Å². The molecule has 2 aromatic rings. The molecule has 2 bridgehead atoms. The van der Waals surface area contributed by atoms with Crippen LogP contribution in [0.1, 0.15) is 59.8 Å². The number of carbonyl (C=O) groups is 1. The smallest absolute Gasteiger partial charge is 0.254 e. The van der Waals surface area contributed by atoms with Crippen LogP contribution in [-0.2, 0) is 18.3 Å². The van der Waals surface area contributed by atoms with E-state index < -0.39 is 0 Å². The largest absolute Gasteiger partial charge is 0.508 e. The lowest BCUT2D eigenvalue weighted by Crippen LogP contribution is -2.64. The molecule has 150 valence electrons. The van der Waals surface area contributed by atoms with Gasteiger partial charge in [-0.15, -0.1) is 0 Å². The molecule has 2 atom stereocenters. The number of aliphatic imine (C=N–C) groups is 1. The van der Waals surface area contributed by atoms with Crippen molar-refractivity contribution in [3.8, 4) is 5.75 Å². The summed E-state index contributed by atoms with van der Waals surface area (Å²) in [5.74, 6) is 0.463. The van der Waals surface area contributed by atoms with Gasteiger partial charge in [0.15, 0.2) is 0 Å². The first-order valence-electron chi connectivity index (χ1n) is 10.5. The first-order valence-corrected chi connectivity index (χ1v) is 10.5. The normalized spacial score (nSPS) is 26.2. The molecule has 4 nitrogen and oxygen atoms in total. The Labute approximate surface area is 172 Å². The van der Waals surface area contributed by atoms with Crippen molar-refractivity contribution in [2.45, 2.75) is 58.4 Å². The van der Waals surface area contributed by atoms with E-state index in [1.807, 2.05) is 31.3 Å². The van der Waals surface area contributed by atoms with Gasteiger partial charge in [0.1, 0.15) is 5.75 Å². The molecular weight excluding hydrogens is 360 g/mol. The van der Waals surface area contributed by atoms with Crippen molar-refractivity contribution in [1.29, 1.82) is 0 Å². The number of fused-ring (bicyclic) bond motifs is 5. The van der Waals surface area contributed by atoms with E-state index in [-0.39, 0.29) is 22.8 Å². The highest BCUT2D eigenvalue weighted by molar-refractivity contribution is 5.97. The number of aryl methyl sites for hydroxylation is 1. The Morgan fingerprint density at radius 1 is 1.24 bits per heavy atom. The molecule has 1 amide bonds. The summed E-state index contributed by atoms with van der Waals surface area (Å²) in [6.45, 7) is 9.62. The third-order valence-electron chi connectivity index (χ3n) is 8.09. The van der Waals surface area contributed by atoms with Crippen molar-refractivity contribution in [2.24, 2.45) is 10.4 Å². The molecule has 1 fully saturated rings. The maximum Gasteiger partial charge on any atom is 0.254 e. The van der Waals surface area contributed by atoms with Gasteiger partial charge in [-0.05, 0) is 65.6 Å². The first-order chi connectivity index (χ1) is 13.7. The minimum atomic E-state index is -0.0879. The highest BCUT2D eigenvalue weighted by Crippen LogP contribution is 2.57. The van der Waals surface area contributed by atoms with E-state index in [1.165, 1.54) is 5.56 Å². The average molecular weight is 389 g/mol. The Bertz CT molecular complexity index is 1070. The summed E-state index contributed by atoms with van der Waals surface area (Å²) < 4.78 is 0. The second-order valence-electron chi connectivity index (χ2n) is 9.64. The zero-order valence-electron chi connectivity index (χ0n) is 17.6. The Morgan fingerprint density at radius 3 is 2.83 bits per heavy atom. The molecule has 0 unspecified atom stereocenters. The molecule has 0 radical (unpaired) electrons. The highest BCUT2D eigenvalue weighted by Gasteiger charge is 2.57. The highest BCUT2D eigenvalue weighted by atomic mass is 16.3. The molecular formula is C25H28N2O2. The van der Waals surface area contributed by atoms with Crippen LogP contribution in [0.3, 0.4) is 0 Å². The van der Waals surface area contributed by atoms with E-state index >= 15 is 0 Å². The van der Waals surface area contributed by atoms with Crippen molar-refractivity contribution in [2.75, 3.05) is 6.54 Å². The molecule has 5 rings (SSSR count). The van der Waals surface area contributed by atoms with Gasteiger partial charge in [-0.25, -0.2) is 0 Å². The van der Waals surface area contributed by atoms with Crippen LogP contribution in [0.15, 0.2) is 35.3 Å². The third kappa shape index (κ3) is 2.38. The van der Waals surface area contributed by atoms with E-state index in [9.17, 15) is 9.90 Å². The number of phenolic OH excluding ortho intramolecular Hbond substituents is 1. The molecule has 1 N–H and O–H groups in total. The van der Waals surface area contributed by atoms with Crippen LogP contribution in [0.4, 0.5) is 5.69 Å². The van der Waals surface area contributed by atoms with Gasteiger partial charge in [-0.1, -0.05) is 32.9 Å². The lowest BCUT2D eigenvalue weighted by atomic mass is 9.51.